The Bertz CT molecular complexity index is 183. The van der Waals surface area contributed by atoms with Gasteiger partial charge in [0, 0.05) is 0 Å². The van der Waals surface area contributed by atoms with Crippen molar-refractivity contribution in [3.8, 4) is 0 Å². The van der Waals surface area contributed by atoms with Crippen molar-refractivity contribution >= 4 is 5.78 Å². The highest BCUT2D eigenvalue weighted by atomic mass is 16.4. The predicted octanol–water partition coefficient (Wildman–Crippen LogP) is -4.02. The molecule has 0 bridgehead atoms. The standard InChI is InChI=1S/C7H14O7/c8-1-3(10)5(12)7(14)6(13)4(11)2-9/h3-5,7-12,14H,1-2H2/t3-,4-,5-,7-/m1/s1. The zero-order valence-corrected chi connectivity index (χ0v) is 7.32. The van der Waals surface area contributed by atoms with Gasteiger partial charge >= 0.3 is 0 Å². The average Bonchev–Trinajstić information content (AvgIpc) is 2.23. The van der Waals surface area contributed by atoms with E-state index in [-0.39, 0.29) is 0 Å². The zero-order valence-electron chi connectivity index (χ0n) is 7.32. The van der Waals surface area contributed by atoms with Crippen molar-refractivity contribution in [1.29, 1.82) is 0 Å². The van der Waals surface area contributed by atoms with Crippen LogP contribution in [0.1, 0.15) is 0 Å². The van der Waals surface area contributed by atoms with Gasteiger partial charge in [0.05, 0.1) is 13.2 Å². The summed E-state index contributed by atoms with van der Waals surface area (Å²) >= 11 is 0. The van der Waals surface area contributed by atoms with E-state index in [9.17, 15) is 4.79 Å². The van der Waals surface area contributed by atoms with Crippen LogP contribution >= 0.6 is 0 Å². The third-order valence-corrected chi connectivity index (χ3v) is 1.70. The minimum atomic E-state index is -2.04. The number of carbonyl (C=O) groups excluding carboxylic acids is 1. The number of hydrogen-bond donors (Lipinski definition) is 6. The molecule has 0 saturated carbocycles. The van der Waals surface area contributed by atoms with Crippen LogP contribution in [0.2, 0.25) is 0 Å². The molecule has 0 unspecified atom stereocenters. The Labute approximate surface area is 79.9 Å². The summed E-state index contributed by atoms with van der Waals surface area (Å²) in [5.41, 5.74) is 0. The first-order chi connectivity index (χ1) is 6.45. The van der Waals surface area contributed by atoms with E-state index in [0.29, 0.717) is 0 Å². The number of hydrogen-bond acceptors (Lipinski definition) is 7. The van der Waals surface area contributed by atoms with Gasteiger partial charge in [-0.05, 0) is 0 Å². The lowest BCUT2D eigenvalue weighted by atomic mass is 10.0. The van der Waals surface area contributed by atoms with Gasteiger partial charge in [-0.1, -0.05) is 0 Å². The molecule has 7 heteroatoms. The minimum absolute atomic E-state index is 0.833. The molecule has 0 radical (unpaired) electrons. The third-order valence-electron chi connectivity index (χ3n) is 1.70. The lowest BCUT2D eigenvalue weighted by Gasteiger charge is -2.21. The maximum absolute atomic E-state index is 10.9. The van der Waals surface area contributed by atoms with Crippen LogP contribution in [0, 0.1) is 0 Å². The second-order valence-corrected chi connectivity index (χ2v) is 2.79. The van der Waals surface area contributed by atoms with Crippen molar-refractivity contribution in [2.45, 2.75) is 24.4 Å². The summed E-state index contributed by atoms with van der Waals surface area (Å²) in [4.78, 5) is 10.9. The zero-order chi connectivity index (χ0) is 11.3. The van der Waals surface area contributed by atoms with Gasteiger partial charge in [-0.3, -0.25) is 4.79 Å². The van der Waals surface area contributed by atoms with Gasteiger partial charge in [0.1, 0.15) is 24.4 Å². The maximum Gasteiger partial charge on any atom is 0.194 e. The molecule has 0 rings (SSSR count). The molecule has 84 valence electrons. The normalized spacial score (nSPS) is 19.9. The third kappa shape index (κ3) is 3.29. The fourth-order valence-corrected chi connectivity index (χ4v) is 0.774. The molecule has 0 amide bonds. The highest BCUT2D eigenvalue weighted by Gasteiger charge is 2.33. The summed E-state index contributed by atoms with van der Waals surface area (Å²) in [5.74, 6) is -1.22. The van der Waals surface area contributed by atoms with Gasteiger partial charge in [0.25, 0.3) is 0 Å². The van der Waals surface area contributed by atoms with E-state index in [4.69, 9.17) is 30.6 Å². The van der Waals surface area contributed by atoms with Crippen molar-refractivity contribution in [3.63, 3.8) is 0 Å². The fourth-order valence-electron chi connectivity index (χ4n) is 0.774. The van der Waals surface area contributed by atoms with E-state index in [1.807, 2.05) is 0 Å². The van der Waals surface area contributed by atoms with Crippen LogP contribution in [0.25, 0.3) is 0 Å². The molecule has 6 N–H and O–H groups in total. The van der Waals surface area contributed by atoms with Gasteiger partial charge in [-0.2, -0.15) is 0 Å². The molecule has 4 atom stereocenters. The van der Waals surface area contributed by atoms with Crippen molar-refractivity contribution in [3.05, 3.63) is 0 Å². The van der Waals surface area contributed by atoms with Gasteiger partial charge in [0.2, 0.25) is 0 Å². The van der Waals surface area contributed by atoms with Gasteiger partial charge < -0.3 is 30.6 Å². The van der Waals surface area contributed by atoms with Crippen molar-refractivity contribution in [2.24, 2.45) is 0 Å². The molecule has 0 aromatic rings. The first kappa shape index (κ1) is 13.4. The van der Waals surface area contributed by atoms with E-state index >= 15 is 0 Å². The summed E-state index contributed by atoms with van der Waals surface area (Å²) in [6, 6.07) is 0. The number of Topliss-reactive ketones (excluding diaryl/α,β-unsaturated/α-hetero) is 1. The van der Waals surface area contributed by atoms with E-state index in [1.54, 1.807) is 0 Å². The van der Waals surface area contributed by atoms with Crippen LogP contribution in [0.4, 0.5) is 0 Å². The highest BCUT2D eigenvalue weighted by molar-refractivity contribution is 5.87. The molecule has 0 saturated heterocycles. The highest BCUT2D eigenvalue weighted by Crippen LogP contribution is 2.03. The molecule has 0 aliphatic rings. The van der Waals surface area contributed by atoms with Crippen LogP contribution in [0.15, 0.2) is 0 Å². The Morgan fingerprint density at radius 3 is 1.86 bits per heavy atom. The SMILES string of the molecule is O=C([C@H](O)CO)[C@H](O)[C@H](O)[C@H](O)CO. The number of ketones is 1. The molecule has 14 heavy (non-hydrogen) atoms. The summed E-state index contributed by atoms with van der Waals surface area (Å²) in [7, 11) is 0. The summed E-state index contributed by atoms with van der Waals surface area (Å²) < 4.78 is 0. The van der Waals surface area contributed by atoms with E-state index < -0.39 is 43.4 Å². The maximum atomic E-state index is 10.9. The Balaban J connectivity index is 4.30. The van der Waals surface area contributed by atoms with Crippen LogP contribution < -0.4 is 0 Å². The Hall–Kier alpha value is -0.570. The molecule has 0 heterocycles. The molecule has 0 spiro atoms. The Morgan fingerprint density at radius 2 is 1.50 bits per heavy atom. The van der Waals surface area contributed by atoms with Crippen LogP contribution in [-0.2, 0) is 4.79 Å². The first-order valence-electron chi connectivity index (χ1n) is 3.93. The Morgan fingerprint density at radius 1 is 1.00 bits per heavy atom. The van der Waals surface area contributed by atoms with E-state index in [0.717, 1.165) is 0 Å². The molecular weight excluding hydrogens is 196 g/mol. The number of carbonyl (C=O) groups is 1. The number of aliphatic hydroxyl groups is 6. The smallest absolute Gasteiger partial charge is 0.194 e. The lowest BCUT2D eigenvalue weighted by Crippen LogP contribution is -2.48. The van der Waals surface area contributed by atoms with Crippen molar-refractivity contribution in [2.75, 3.05) is 13.2 Å². The summed E-state index contributed by atoms with van der Waals surface area (Å²) in [6.45, 7) is -1.72. The number of aliphatic hydroxyl groups excluding tert-OH is 6. The second-order valence-electron chi connectivity index (χ2n) is 2.79. The first-order valence-corrected chi connectivity index (χ1v) is 3.93. The van der Waals surface area contributed by atoms with Gasteiger partial charge in [-0.15, -0.1) is 0 Å². The summed E-state index contributed by atoms with van der Waals surface area (Å²) in [5, 5.41) is 52.4. The molecule has 0 aromatic carbocycles. The average molecular weight is 210 g/mol. The quantitative estimate of drug-likeness (QED) is 0.262. The van der Waals surface area contributed by atoms with Crippen LogP contribution in [-0.4, -0.2) is 74.1 Å². The number of rotatable bonds is 6. The Kier molecular flexibility index (Phi) is 5.77. The van der Waals surface area contributed by atoms with Crippen LogP contribution in [0.3, 0.4) is 0 Å². The van der Waals surface area contributed by atoms with Crippen molar-refractivity contribution in [1.82, 2.24) is 0 Å². The lowest BCUT2D eigenvalue weighted by molar-refractivity contribution is -0.150. The second kappa shape index (κ2) is 6.02. The molecule has 0 aliphatic carbocycles. The monoisotopic (exact) mass is 210 g/mol. The molecule has 7 nitrogen and oxygen atoms in total. The molecule has 0 fully saturated rings. The topological polar surface area (TPSA) is 138 Å². The van der Waals surface area contributed by atoms with Gasteiger partial charge in [-0.25, -0.2) is 0 Å². The van der Waals surface area contributed by atoms with E-state index in [1.165, 1.54) is 0 Å². The van der Waals surface area contributed by atoms with E-state index in [2.05, 4.69) is 0 Å². The fraction of sp³-hybridized carbons (Fsp3) is 0.857. The predicted molar refractivity (Wildman–Crippen MR) is 43.2 cm³/mol. The summed E-state index contributed by atoms with van der Waals surface area (Å²) in [6.07, 6.45) is -7.43. The molecule has 0 aliphatic heterocycles. The largest absolute Gasteiger partial charge is 0.394 e. The minimum Gasteiger partial charge on any atom is -0.394 e. The molecule has 0 aromatic heterocycles. The van der Waals surface area contributed by atoms with Crippen LogP contribution in [0.5, 0.6) is 0 Å². The van der Waals surface area contributed by atoms with Gasteiger partial charge in [0.15, 0.2) is 5.78 Å². The van der Waals surface area contributed by atoms with Crippen molar-refractivity contribution < 1.29 is 35.4 Å². The molecular formula is C7H14O7.